The quantitative estimate of drug-likeness (QED) is 0.367. The van der Waals surface area contributed by atoms with Crippen molar-refractivity contribution in [2.75, 3.05) is 52.5 Å². The van der Waals surface area contributed by atoms with Crippen molar-refractivity contribution in [2.24, 2.45) is 0 Å². The van der Waals surface area contributed by atoms with Crippen molar-refractivity contribution < 1.29 is 19.1 Å². The number of hydrogen-bond acceptors (Lipinski definition) is 6. The Morgan fingerprint density at radius 3 is 2.89 bits per heavy atom. The molecule has 0 spiro atoms. The van der Waals surface area contributed by atoms with Crippen LogP contribution in [0.5, 0.6) is 5.75 Å². The molecule has 0 radical (unpaired) electrons. The molecule has 1 fully saturated rings. The van der Waals surface area contributed by atoms with Crippen molar-refractivity contribution in [1.82, 2.24) is 25.5 Å². The molecule has 0 bridgehead atoms. The van der Waals surface area contributed by atoms with E-state index in [4.69, 9.17) is 9.47 Å². The largest absolute Gasteiger partial charge is 0.494 e. The maximum absolute atomic E-state index is 12.1. The van der Waals surface area contributed by atoms with Gasteiger partial charge < -0.3 is 25.1 Å². The van der Waals surface area contributed by atoms with E-state index in [9.17, 15) is 9.59 Å². The molecule has 9 heteroatoms. The van der Waals surface area contributed by atoms with Gasteiger partial charge >= 0.3 is 0 Å². The number of carbonyl (C=O) groups excluding carboxylic acids is 2. The first-order valence-electron chi connectivity index (χ1n) is 12.9. The summed E-state index contributed by atoms with van der Waals surface area (Å²) in [7, 11) is 0. The van der Waals surface area contributed by atoms with Crippen LogP contribution in [0.15, 0.2) is 48.7 Å². The summed E-state index contributed by atoms with van der Waals surface area (Å²) < 4.78 is 11.3. The molecular formula is C28H33N5O4. The normalized spacial score (nSPS) is 15.6. The molecule has 1 saturated heterocycles. The van der Waals surface area contributed by atoms with Crippen molar-refractivity contribution in [1.29, 1.82) is 0 Å². The number of H-pyrrole nitrogens is 1. The van der Waals surface area contributed by atoms with Gasteiger partial charge in [-0.25, -0.2) is 0 Å². The molecule has 2 aromatic heterocycles. The lowest BCUT2D eigenvalue weighted by Crippen LogP contribution is -2.41. The highest BCUT2D eigenvalue weighted by molar-refractivity contribution is 5.97. The fourth-order valence-electron chi connectivity index (χ4n) is 4.64. The smallest absolute Gasteiger partial charge is 0.253 e. The van der Waals surface area contributed by atoms with E-state index in [1.807, 2.05) is 42.5 Å². The second-order valence-corrected chi connectivity index (χ2v) is 9.29. The minimum absolute atomic E-state index is 0.0339. The number of aromatic nitrogens is 2. The fourth-order valence-corrected chi connectivity index (χ4v) is 4.64. The Kier molecular flexibility index (Phi) is 8.12. The molecule has 37 heavy (non-hydrogen) atoms. The molecule has 3 aromatic rings. The van der Waals surface area contributed by atoms with E-state index in [2.05, 4.69) is 25.5 Å². The summed E-state index contributed by atoms with van der Waals surface area (Å²) in [6, 6.07) is 13.7. The van der Waals surface area contributed by atoms with E-state index in [-0.39, 0.29) is 11.8 Å². The minimum atomic E-state index is -0.0339. The molecule has 0 atom stereocenters. The Morgan fingerprint density at radius 2 is 2.03 bits per heavy atom. The van der Waals surface area contributed by atoms with Crippen LogP contribution in [0.1, 0.15) is 28.9 Å². The Hall–Kier alpha value is -3.69. The number of pyridine rings is 1. The fraction of sp³-hybridized carbons (Fsp3) is 0.393. The number of benzene rings is 1. The van der Waals surface area contributed by atoms with Crippen LogP contribution >= 0.6 is 0 Å². The number of carbonyl (C=O) groups is 2. The van der Waals surface area contributed by atoms with Crippen molar-refractivity contribution in [3.05, 3.63) is 59.9 Å². The van der Waals surface area contributed by atoms with Gasteiger partial charge in [-0.1, -0.05) is 12.1 Å². The first kappa shape index (κ1) is 25.0. The van der Waals surface area contributed by atoms with E-state index < -0.39 is 0 Å². The number of hydrogen-bond donors (Lipinski definition) is 3. The number of nitrogens with zero attached hydrogens (tertiary/aromatic N) is 2. The maximum atomic E-state index is 12.1. The van der Waals surface area contributed by atoms with Gasteiger partial charge in [0.15, 0.2) is 0 Å². The van der Waals surface area contributed by atoms with Crippen LogP contribution in [-0.4, -0.2) is 79.2 Å². The van der Waals surface area contributed by atoms with Crippen LogP contribution in [0.25, 0.3) is 22.5 Å². The highest BCUT2D eigenvalue weighted by atomic mass is 16.5. The predicted molar refractivity (Wildman–Crippen MR) is 140 cm³/mol. The molecule has 194 valence electrons. The SMILES string of the molecule is O=C(CCCOc1cccc(-c2cc(-c3cc4c([nH]3)CCNC4=O)ccn2)c1)NCCN1CCOCC1. The van der Waals surface area contributed by atoms with Crippen LogP contribution in [0.2, 0.25) is 0 Å². The Labute approximate surface area is 216 Å². The van der Waals surface area contributed by atoms with Crippen LogP contribution in [-0.2, 0) is 16.0 Å². The van der Waals surface area contributed by atoms with E-state index in [0.717, 1.165) is 73.2 Å². The van der Waals surface area contributed by atoms with Crippen molar-refractivity contribution in [3.63, 3.8) is 0 Å². The molecule has 0 saturated carbocycles. The molecule has 9 nitrogen and oxygen atoms in total. The summed E-state index contributed by atoms with van der Waals surface area (Å²) in [6.45, 7) is 6.01. The lowest BCUT2D eigenvalue weighted by molar-refractivity contribution is -0.121. The molecule has 2 aliphatic heterocycles. The zero-order valence-electron chi connectivity index (χ0n) is 20.9. The topological polar surface area (TPSA) is 109 Å². The molecular weight excluding hydrogens is 470 g/mol. The number of ether oxygens (including phenoxy) is 2. The van der Waals surface area contributed by atoms with Gasteiger partial charge in [-0.15, -0.1) is 0 Å². The van der Waals surface area contributed by atoms with Crippen molar-refractivity contribution in [2.45, 2.75) is 19.3 Å². The zero-order chi connectivity index (χ0) is 25.5. The van der Waals surface area contributed by atoms with Gasteiger partial charge in [0.25, 0.3) is 5.91 Å². The van der Waals surface area contributed by atoms with Gasteiger partial charge in [0.2, 0.25) is 5.91 Å². The van der Waals surface area contributed by atoms with Gasteiger partial charge in [0.05, 0.1) is 31.1 Å². The Bertz CT molecular complexity index is 1230. The summed E-state index contributed by atoms with van der Waals surface area (Å²) >= 11 is 0. The Morgan fingerprint density at radius 1 is 1.14 bits per heavy atom. The first-order chi connectivity index (χ1) is 18.2. The average molecular weight is 504 g/mol. The van der Waals surface area contributed by atoms with Crippen molar-refractivity contribution >= 4 is 11.8 Å². The monoisotopic (exact) mass is 503 g/mol. The molecule has 0 aliphatic carbocycles. The predicted octanol–water partition coefficient (Wildman–Crippen LogP) is 2.64. The van der Waals surface area contributed by atoms with Gasteiger partial charge in [-0.05, 0) is 36.8 Å². The maximum Gasteiger partial charge on any atom is 0.253 e. The summed E-state index contributed by atoms with van der Waals surface area (Å²) in [5.41, 5.74) is 5.31. The molecule has 1 aromatic carbocycles. The van der Waals surface area contributed by atoms with Gasteiger partial charge in [0, 0.05) is 74.3 Å². The van der Waals surface area contributed by atoms with Gasteiger partial charge in [-0.2, -0.15) is 0 Å². The second kappa shape index (κ2) is 12.0. The van der Waals surface area contributed by atoms with Crippen LogP contribution < -0.4 is 15.4 Å². The third-order valence-corrected chi connectivity index (χ3v) is 6.68. The third-order valence-electron chi connectivity index (χ3n) is 6.68. The molecule has 2 aliphatic rings. The van der Waals surface area contributed by atoms with Gasteiger partial charge in [-0.3, -0.25) is 19.5 Å². The van der Waals surface area contributed by atoms with E-state index in [1.165, 1.54) is 0 Å². The Balaban J connectivity index is 1.12. The number of aromatic amines is 1. The third kappa shape index (κ3) is 6.55. The van der Waals surface area contributed by atoms with E-state index in [0.29, 0.717) is 38.1 Å². The lowest BCUT2D eigenvalue weighted by atomic mass is 10.1. The number of morpholine rings is 1. The van der Waals surface area contributed by atoms with Crippen LogP contribution in [0.4, 0.5) is 0 Å². The molecule has 2 amide bonds. The molecule has 5 rings (SSSR count). The summed E-state index contributed by atoms with van der Waals surface area (Å²) in [5, 5.41) is 5.87. The van der Waals surface area contributed by atoms with E-state index in [1.54, 1.807) is 6.20 Å². The summed E-state index contributed by atoms with van der Waals surface area (Å²) in [6.07, 6.45) is 3.65. The standard InChI is InChI=1S/C28H33N5O4/c34-27(30-10-11-33-12-15-36-16-13-33)5-2-14-37-22-4-1-3-20(17-22)25-18-21(6-8-29-25)26-19-23-24(32-26)7-9-31-28(23)35/h1,3-4,6,8,17-19,32H,2,5,7,9-16H2,(H,30,34)(H,31,35). The number of nitrogens with one attached hydrogen (secondary N) is 3. The van der Waals surface area contributed by atoms with Gasteiger partial charge in [0.1, 0.15) is 5.75 Å². The zero-order valence-corrected chi connectivity index (χ0v) is 20.9. The lowest BCUT2D eigenvalue weighted by Gasteiger charge is -2.26. The molecule has 3 N–H and O–H groups in total. The highest BCUT2D eigenvalue weighted by Crippen LogP contribution is 2.28. The first-order valence-corrected chi connectivity index (χ1v) is 12.9. The number of fused-ring (bicyclic) bond motifs is 1. The van der Waals surface area contributed by atoms with Crippen LogP contribution in [0, 0.1) is 0 Å². The number of rotatable bonds is 10. The summed E-state index contributed by atoms with van der Waals surface area (Å²) in [4.78, 5) is 34.5. The molecule has 0 unspecified atom stereocenters. The van der Waals surface area contributed by atoms with Crippen molar-refractivity contribution in [3.8, 4) is 28.3 Å². The average Bonchev–Trinajstić information content (AvgIpc) is 3.38. The minimum Gasteiger partial charge on any atom is -0.494 e. The summed E-state index contributed by atoms with van der Waals surface area (Å²) in [5.74, 6) is 0.757. The highest BCUT2D eigenvalue weighted by Gasteiger charge is 2.20. The number of amides is 2. The van der Waals surface area contributed by atoms with Crippen LogP contribution in [0.3, 0.4) is 0 Å². The second-order valence-electron chi connectivity index (χ2n) is 9.29. The molecule has 4 heterocycles. The van der Waals surface area contributed by atoms with E-state index >= 15 is 0 Å².